The van der Waals surface area contributed by atoms with Gasteiger partial charge in [-0.15, -0.1) is 0 Å². The van der Waals surface area contributed by atoms with Crippen molar-refractivity contribution < 1.29 is 64.9 Å². The maximum absolute atomic E-state index is 14.8. The van der Waals surface area contributed by atoms with E-state index in [2.05, 4.69) is 15.4 Å². The second kappa shape index (κ2) is 17.9. The molecule has 0 radical (unpaired) electrons. The summed E-state index contributed by atoms with van der Waals surface area (Å²) < 4.78 is 73.3. The van der Waals surface area contributed by atoms with E-state index >= 15 is 0 Å². The Balaban J connectivity index is 1.38. The molecule has 1 saturated heterocycles. The Hall–Kier alpha value is -6.21. The van der Waals surface area contributed by atoms with E-state index in [1.807, 2.05) is 0 Å². The number of alkyl carbamates (subject to hydrolysis) is 1. The van der Waals surface area contributed by atoms with Crippen molar-refractivity contribution in [2.45, 2.75) is 98.8 Å². The normalized spacial score (nSPS) is 25.1. The van der Waals surface area contributed by atoms with Gasteiger partial charge in [-0.25, -0.2) is 26.4 Å². The van der Waals surface area contributed by atoms with Crippen LogP contribution in [0.1, 0.15) is 59.3 Å². The number of carbonyl (C=O) groups is 5. The number of non-ortho nitro benzene ring substituents is 1. The summed E-state index contributed by atoms with van der Waals surface area (Å²) >= 11 is 0. The Bertz CT molecular complexity index is 2440. The first kappa shape index (κ1) is 46.3. The predicted molar refractivity (Wildman–Crippen MR) is 217 cm³/mol. The summed E-state index contributed by atoms with van der Waals surface area (Å²) in [6.07, 6.45) is -0.367. The third kappa shape index (κ3) is 10.9. The highest BCUT2D eigenvalue weighted by molar-refractivity contribution is 7.91. The van der Waals surface area contributed by atoms with Gasteiger partial charge >= 0.3 is 12.2 Å². The van der Waals surface area contributed by atoms with Gasteiger partial charge in [-0.2, -0.15) is 4.31 Å². The minimum atomic E-state index is -4.82. The number of para-hydroxylation sites is 1. The van der Waals surface area contributed by atoms with Crippen LogP contribution < -0.4 is 20.1 Å². The highest BCUT2D eigenvalue weighted by atomic mass is 32.2. The number of rotatable bonds is 10. The van der Waals surface area contributed by atoms with E-state index in [9.17, 15) is 61.0 Å². The molecule has 2 aliphatic heterocycles. The summed E-state index contributed by atoms with van der Waals surface area (Å²) in [6, 6.07) is 5.44. The van der Waals surface area contributed by atoms with Crippen molar-refractivity contribution in [2.24, 2.45) is 5.92 Å². The Kier molecular flexibility index (Phi) is 13.1. The van der Waals surface area contributed by atoms with Crippen LogP contribution in [-0.4, -0.2) is 120 Å². The van der Waals surface area contributed by atoms with Crippen molar-refractivity contribution >= 4 is 61.4 Å². The van der Waals surface area contributed by atoms with E-state index < -0.39 is 130 Å². The molecule has 63 heavy (non-hydrogen) atoms. The number of hydrogen-bond acceptors (Lipinski definition) is 16. The molecule has 0 unspecified atom stereocenters. The molecule has 0 spiro atoms. The third-order valence-corrected chi connectivity index (χ3v) is 14.3. The molecular weight excluding hydrogens is 875 g/mol. The molecule has 4 aliphatic rings. The maximum atomic E-state index is 14.8. The number of hydrogen-bond donors (Lipinski definition) is 3. The van der Waals surface area contributed by atoms with Crippen LogP contribution in [0.4, 0.5) is 21.0 Å². The average Bonchev–Trinajstić information content (AvgIpc) is 4.12. The topological polar surface area (TPSA) is 310 Å². The van der Waals surface area contributed by atoms with Crippen LogP contribution in [0, 0.1) is 26.1 Å². The zero-order valence-electron chi connectivity index (χ0n) is 34.2. The lowest BCUT2D eigenvalue weighted by molar-refractivity contribution is -0.387. The smallest absolute Gasteiger partial charge is 0.444 e. The van der Waals surface area contributed by atoms with E-state index in [-0.39, 0.29) is 37.2 Å². The van der Waals surface area contributed by atoms with Gasteiger partial charge in [0, 0.05) is 43.6 Å². The first-order chi connectivity index (χ1) is 29.5. The first-order valence-electron chi connectivity index (χ1n) is 19.7. The average molecular weight is 920 g/mol. The number of fused-ring (bicyclic) bond motifs is 2. The summed E-state index contributed by atoms with van der Waals surface area (Å²) in [5.74, 6) is -4.04. The number of benzene rings is 2. The zero-order valence-corrected chi connectivity index (χ0v) is 35.8. The van der Waals surface area contributed by atoms with Gasteiger partial charge in [-0.3, -0.25) is 39.3 Å². The molecule has 2 aromatic rings. The number of allylic oxidation sites excluding steroid dienone is 1. The third-order valence-electron chi connectivity index (χ3n) is 10.5. The van der Waals surface area contributed by atoms with E-state index in [1.54, 1.807) is 12.2 Å². The lowest BCUT2D eigenvalue weighted by Crippen LogP contribution is -2.60. The summed E-state index contributed by atoms with van der Waals surface area (Å²) in [7, 11) is -8.92. The summed E-state index contributed by atoms with van der Waals surface area (Å²) in [5.41, 5.74) is -4.00. The molecule has 2 heterocycles. The molecule has 4 amide bonds. The van der Waals surface area contributed by atoms with Crippen molar-refractivity contribution in [2.75, 3.05) is 19.6 Å². The molecule has 5 atom stereocenters. The van der Waals surface area contributed by atoms with Crippen LogP contribution in [-0.2, 0) is 43.9 Å². The van der Waals surface area contributed by atoms with Crippen molar-refractivity contribution in [1.82, 2.24) is 24.6 Å². The fraction of sp³-hybridized carbons (Fsp3) is 0.500. The summed E-state index contributed by atoms with van der Waals surface area (Å²) in [4.78, 5) is 91.0. The monoisotopic (exact) mass is 919 g/mol. The molecule has 0 aromatic heterocycles. The van der Waals surface area contributed by atoms with Gasteiger partial charge in [0.15, 0.2) is 4.90 Å². The minimum absolute atomic E-state index is 0.0389. The van der Waals surface area contributed by atoms with E-state index in [1.165, 1.54) is 32.9 Å². The fourth-order valence-electron chi connectivity index (χ4n) is 7.19. The van der Waals surface area contributed by atoms with Crippen molar-refractivity contribution in [3.8, 4) is 5.75 Å². The maximum Gasteiger partial charge on any atom is 0.514 e. The van der Waals surface area contributed by atoms with Gasteiger partial charge in [-0.1, -0.05) is 24.3 Å². The second-order valence-corrected chi connectivity index (χ2v) is 20.3. The van der Waals surface area contributed by atoms with Crippen molar-refractivity contribution in [3.63, 3.8) is 0 Å². The van der Waals surface area contributed by atoms with Gasteiger partial charge in [0.05, 0.1) is 21.6 Å². The molecule has 3 fully saturated rings. The Morgan fingerprint density at radius 2 is 1.63 bits per heavy atom. The van der Waals surface area contributed by atoms with Gasteiger partial charge < -0.3 is 29.7 Å². The van der Waals surface area contributed by atoms with Crippen LogP contribution in [0.5, 0.6) is 5.75 Å². The van der Waals surface area contributed by atoms with Gasteiger partial charge in [0.25, 0.3) is 17.3 Å². The quantitative estimate of drug-likeness (QED) is 0.101. The zero-order chi connectivity index (χ0) is 46.1. The number of nitro groups is 2. The molecular formula is C38H45N7O16S2. The standard InChI is InChI=1S/C38H45N7O16S2/c1-37(2,3)61-35(49)39-28-22-42(63(57,58)31-11-7-6-10-29(31)45(53)54)18-8-4-5-9-23-20-38(23,34(48)41-62(55,56)27-16-17-27)40-32(46)30-19-26(21-43(30)33(28)47)60-36(50)59-25-14-12-24(13-15-25)44(51)52/h5-7,9-15,23,26-28,30H,4,8,16-22H2,1-3H3,(H,39,49)(H,40,46)(H,41,48)/b9-5-/t23-,26-,28+,30+,38-/m1/s1. The molecule has 6 rings (SSSR count). The van der Waals surface area contributed by atoms with Crippen LogP contribution in [0.3, 0.4) is 0 Å². The molecule has 0 bridgehead atoms. The van der Waals surface area contributed by atoms with Crippen molar-refractivity contribution in [1.29, 1.82) is 0 Å². The molecule has 2 saturated carbocycles. The molecule has 3 N–H and O–H groups in total. The molecule has 2 aromatic carbocycles. The number of nitrogens with one attached hydrogen (secondary N) is 3. The second-order valence-electron chi connectivity index (χ2n) is 16.4. The Morgan fingerprint density at radius 1 is 0.952 bits per heavy atom. The highest BCUT2D eigenvalue weighted by Gasteiger charge is 2.62. The summed E-state index contributed by atoms with van der Waals surface area (Å²) in [6.45, 7) is 2.78. The molecule has 2 aliphatic carbocycles. The Morgan fingerprint density at radius 3 is 2.27 bits per heavy atom. The van der Waals surface area contributed by atoms with Crippen LogP contribution in [0.25, 0.3) is 0 Å². The summed E-state index contributed by atoms with van der Waals surface area (Å²) in [5, 5.41) is 27.3. The number of amides is 4. The molecule has 25 heteroatoms. The Labute approximate surface area is 360 Å². The van der Waals surface area contributed by atoms with Gasteiger partial charge in [0.1, 0.15) is 35.1 Å². The lowest BCUT2D eigenvalue weighted by atomic mass is 10.1. The van der Waals surface area contributed by atoms with Crippen LogP contribution in [0.2, 0.25) is 0 Å². The highest BCUT2D eigenvalue weighted by Crippen LogP contribution is 2.46. The molecule has 340 valence electrons. The van der Waals surface area contributed by atoms with Crippen LogP contribution >= 0.6 is 0 Å². The largest absolute Gasteiger partial charge is 0.514 e. The number of nitro benzene ring substituents is 2. The number of nitrogens with zero attached hydrogens (tertiary/aromatic N) is 4. The predicted octanol–water partition coefficient (Wildman–Crippen LogP) is 2.41. The van der Waals surface area contributed by atoms with Gasteiger partial charge in [-0.05, 0) is 71.1 Å². The number of ether oxygens (including phenoxy) is 3. The minimum Gasteiger partial charge on any atom is -0.444 e. The van der Waals surface area contributed by atoms with Crippen molar-refractivity contribution in [3.05, 3.63) is 80.9 Å². The fourth-order valence-corrected chi connectivity index (χ4v) is 10.2. The first-order valence-corrected chi connectivity index (χ1v) is 22.7. The van der Waals surface area contributed by atoms with E-state index in [4.69, 9.17) is 14.2 Å². The SMILES string of the molecule is CC(C)(C)OC(=O)N[C@H]1CN(S(=O)(=O)c2ccccc2[N+](=O)[O-])CCC/C=C\[C@@H]2C[C@@]2(C(=O)NS(=O)(=O)C2CC2)NC(=O)[C@@H]2C[C@@H](OC(=O)Oc3ccc([N+](=O)[O-])cc3)CN2C1=O. The van der Waals surface area contributed by atoms with Crippen LogP contribution in [0.15, 0.2) is 65.6 Å². The molecule has 23 nitrogen and oxygen atoms in total. The number of carbonyl (C=O) groups excluding carboxylic acids is 5. The van der Waals surface area contributed by atoms with E-state index in [0.29, 0.717) is 12.8 Å². The van der Waals surface area contributed by atoms with E-state index in [0.717, 1.165) is 45.6 Å². The lowest BCUT2D eigenvalue weighted by Gasteiger charge is -2.32. The van der Waals surface area contributed by atoms with Gasteiger partial charge in [0.2, 0.25) is 31.9 Å². The number of sulfonamides is 2.